The van der Waals surface area contributed by atoms with Gasteiger partial charge >= 0.3 is 0 Å². The van der Waals surface area contributed by atoms with E-state index in [0.29, 0.717) is 18.5 Å². The summed E-state index contributed by atoms with van der Waals surface area (Å²) in [7, 11) is 0. The first-order valence-corrected chi connectivity index (χ1v) is 9.67. The highest BCUT2D eigenvalue weighted by Gasteiger charge is 2.14. The molecule has 1 aliphatic carbocycles. The number of nitrogens with two attached hydrogens (primary N) is 1. The molecule has 0 amide bonds. The normalized spacial score (nSPS) is 20.1. The van der Waals surface area contributed by atoms with Crippen molar-refractivity contribution in [1.82, 2.24) is 10.2 Å². The van der Waals surface area contributed by atoms with E-state index in [9.17, 15) is 0 Å². The SMILES string of the molecule is I.NC(=NCc1ccccc1CN1CCCCC1)NC1CCCCC1. The van der Waals surface area contributed by atoms with Crippen LogP contribution in [0.5, 0.6) is 0 Å². The summed E-state index contributed by atoms with van der Waals surface area (Å²) in [5, 5.41) is 3.41. The van der Waals surface area contributed by atoms with Gasteiger partial charge in [-0.25, -0.2) is 4.99 Å². The number of nitrogens with one attached hydrogen (secondary N) is 1. The van der Waals surface area contributed by atoms with Crippen molar-refractivity contribution in [3.63, 3.8) is 0 Å². The Bertz CT molecular complexity index is 534. The summed E-state index contributed by atoms with van der Waals surface area (Å²) >= 11 is 0. The third kappa shape index (κ3) is 6.77. The minimum Gasteiger partial charge on any atom is -0.370 e. The second-order valence-electron chi connectivity index (χ2n) is 7.29. The van der Waals surface area contributed by atoms with Gasteiger partial charge in [-0.05, 0) is 49.9 Å². The van der Waals surface area contributed by atoms with E-state index in [1.54, 1.807) is 0 Å². The van der Waals surface area contributed by atoms with Crippen LogP contribution in [0.3, 0.4) is 0 Å². The maximum Gasteiger partial charge on any atom is 0.189 e. The summed E-state index contributed by atoms with van der Waals surface area (Å²) < 4.78 is 0. The molecule has 5 heteroatoms. The fourth-order valence-electron chi connectivity index (χ4n) is 3.90. The third-order valence-electron chi connectivity index (χ3n) is 5.34. The number of benzene rings is 1. The predicted molar refractivity (Wildman–Crippen MR) is 116 cm³/mol. The number of likely N-dealkylation sites (tertiary alicyclic amines) is 1. The molecule has 25 heavy (non-hydrogen) atoms. The molecule has 0 radical (unpaired) electrons. The molecule has 1 aliphatic heterocycles. The van der Waals surface area contributed by atoms with Crippen LogP contribution >= 0.6 is 24.0 Å². The lowest BCUT2D eigenvalue weighted by molar-refractivity contribution is 0.220. The second-order valence-corrected chi connectivity index (χ2v) is 7.29. The Morgan fingerprint density at radius 2 is 1.64 bits per heavy atom. The molecule has 2 aliphatic rings. The van der Waals surface area contributed by atoms with Gasteiger partial charge < -0.3 is 11.1 Å². The quantitative estimate of drug-likeness (QED) is 0.400. The van der Waals surface area contributed by atoms with E-state index in [4.69, 9.17) is 5.73 Å². The molecule has 0 unspecified atom stereocenters. The molecule has 1 aromatic rings. The summed E-state index contributed by atoms with van der Waals surface area (Å²) in [6.07, 6.45) is 10.5. The van der Waals surface area contributed by atoms with E-state index < -0.39 is 0 Å². The number of hydrogen-bond donors (Lipinski definition) is 2. The summed E-state index contributed by atoms with van der Waals surface area (Å²) in [6, 6.07) is 9.19. The first-order chi connectivity index (χ1) is 11.8. The van der Waals surface area contributed by atoms with Crippen LogP contribution in [0.15, 0.2) is 29.3 Å². The van der Waals surface area contributed by atoms with Gasteiger partial charge in [-0.15, -0.1) is 24.0 Å². The van der Waals surface area contributed by atoms with Gasteiger partial charge in [0, 0.05) is 12.6 Å². The number of nitrogens with zero attached hydrogens (tertiary/aromatic N) is 2. The largest absolute Gasteiger partial charge is 0.370 e. The van der Waals surface area contributed by atoms with Crippen molar-refractivity contribution >= 4 is 29.9 Å². The molecule has 3 N–H and O–H groups in total. The van der Waals surface area contributed by atoms with Gasteiger partial charge in [-0.3, -0.25) is 4.90 Å². The summed E-state index contributed by atoms with van der Waals surface area (Å²) in [6.45, 7) is 4.17. The van der Waals surface area contributed by atoms with Gasteiger partial charge in [0.05, 0.1) is 6.54 Å². The highest BCUT2D eigenvalue weighted by atomic mass is 127. The zero-order chi connectivity index (χ0) is 16.6. The summed E-state index contributed by atoms with van der Waals surface area (Å²) in [4.78, 5) is 7.17. The maximum absolute atomic E-state index is 6.12. The molecule has 0 spiro atoms. The number of rotatable bonds is 5. The monoisotopic (exact) mass is 456 g/mol. The number of halogens is 1. The smallest absolute Gasteiger partial charge is 0.189 e. The van der Waals surface area contributed by atoms with Crippen molar-refractivity contribution in [3.8, 4) is 0 Å². The number of guanidine groups is 1. The van der Waals surface area contributed by atoms with Crippen LogP contribution in [0.4, 0.5) is 0 Å². The van der Waals surface area contributed by atoms with E-state index in [1.165, 1.54) is 75.6 Å². The molecule has 1 saturated heterocycles. The number of hydrogen-bond acceptors (Lipinski definition) is 2. The first-order valence-electron chi connectivity index (χ1n) is 9.67. The van der Waals surface area contributed by atoms with Crippen LogP contribution < -0.4 is 11.1 Å². The lowest BCUT2D eigenvalue weighted by Crippen LogP contribution is -2.41. The van der Waals surface area contributed by atoms with E-state index in [-0.39, 0.29) is 24.0 Å². The Hall–Kier alpha value is -0.820. The molecule has 4 nitrogen and oxygen atoms in total. The molecule has 3 rings (SSSR count). The van der Waals surface area contributed by atoms with E-state index in [0.717, 1.165) is 6.54 Å². The minimum absolute atomic E-state index is 0. The Balaban J connectivity index is 0.00000225. The molecule has 1 saturated carbocycles. The first kappa shape index (κ1) is 20.5. The number of piperidine rings is 1. The van der Waals surface area contributed by atoms with Crippen LogP contribution in [0, 0.1) is 0 Å². The van der Waals surface area contributed by atoms with Crippen molar-refractivity contribution in [1.29, 1.82) is 0 Å². The van der Waals surface area contributed by atoms with Crippen molar-refractivity contribution in [3.05, 3.63) is 35.4 Å². The average molecular weight is 456 g/mol. The van der Waals surface area contributed by atoms with Crippen molar-refractivity contribution < 1.29 is 0 Å². The van der Waals surface area contributed by atoms with E-state index in [2.05, 4.69) is 39.5 Å². The average Bonchev–Trinajstić information content (AvgIpc) is 2.63. The standard InChI is InChI=1S/C20H32N4.HI/c21-20(23-19-11-3-1-4-12-19)22-15-17-9-5-6-10-18(17)16-24-13-7-2-8-14-24;/h5-6,9-10,19H,1-4,7-8,11-16H2,(H3,21,22,23);1H. The van der Waals surface area contributed by atoms with Gasteiger partial charge in [0.2, 0.25) is 0 Å². The van der Waals surface area contributed by atoms with Crippen molar-refractivity contribution in [2.24, 2.45) is 10.7 Å². The zero-order valence-corrected chi connectivity index (χ0v) is 17.6. The molecule has 140 valence electrons. The predicted octanol–water partition coefficient (Wildman–Crippen LogP) is 4.03. The van der Waals surface area contributed by atoms with Crippen LogP contribution in [0.2, 0.25) is 0 Å². The number of aliphatic imine (C=N–C) groups is 1. The molecule has 0 aromatic heterocycles. The van der Waals surface area contributed by atoms with Gasteiger partial charge in [0.25, 0.3) is 0 Å². The third-order valence-corrected chi connectivity index (χ3v) is 5.34. The Morgan fingerprint density at radius 1 is 1.00 bits per heavy atom. The summed E-state index contributed by atoms with van der Waals surface area (Å²) in [5.74, 6) is 0.606. The van der Waals surface area contributed by atoms with Gasteiger partial charge in [-0.1, -0.05) is 49.9 Å². The maximum atomic E-state index is 6.12. The molecule has 2 fully saturated rings. The van der Waals surface area contributed by atoms with Crippen LogP contribution in [0.25, 0.3) is 0 Å². The summed E-state index contributed by atoms with van der Waals surface area (Å²) in [5.41, 5.74) is 8.81. The molecule has 1 heterocycles. The molecule has 0 atom stereocenters. The minimum atomic E-state index is 0. The Kier molecular flexibility index (Phi) is 9.03. The zero-order valence-electron chi connectivity index (χ0n) is 15.3. The van der Waals surface area contributed by atoms with Crippen LogP contribution in [0.1, 0.15) is 62.5 Å². The Labute approximate surface area is 169 Å². The van der Waals surface area contributed by atoms with Crippen LogP contribution in [-0.4, -0.2) is 30.0 Å². The molecular formula is C20H33IN4. The van der Waals surface area contributed by atoms with Crippen LogP contribution in [-0.2, 0) is 13.1 Å². The van der Waals surface area contributed by atoms with Crippen molar-refractivity contribution in [2.75, 3.05) is 13.1 Å². The van der Waals surface area contributed by atoms with Gasteiger partial charge in [0.15, 0.2) is 5.96 Å². The van der Waals surface area contributed by atoms with Gasteiger partial charge in [0.1, 0.15) is 0 Å². The van der Waals surface area contributed by atoms with E-state index in [1.807, 2.05) is 0 Å². The Morgan fingerprint density at radius 3 is 2.36 bits per heavy atom. The lowest BCUT2D eigenvalue weighted by Gasteiger charge is -2.27. The molecule has 0 bridgehead atoms. The van der Waals surface area contributed by atoms with Crippen molar-refractivity contribution in [2.45, 2.75) is 70.5 Å². The molecular weight excluding hydrogens is 423 g/mol. The highest BCUT2D eigenvalue weighted by Crippen LogP contribution is 2.18. The van der Waals surface area contributed by atoms with E-state index >= 15 is 0 Å². The van der Waals surface area contributed by atoms with Gasteiger partial charge in [-0.2, -0.15) is 0 Å². The second kappa shape index (κ2) is 11.0. The topological polar surface area (TPSA) is 53.6 Å². The fraction of sp³-hybridized carbons (Fsp3) is 0.650. The highest BCUT2D eigenvalue weighted by molar-refractivity contribution is 14.0. The lowest BCUT2D eigenvalue weighted by atomic mass is 9.96. The fourth-order valence-corrected chi connectivity index (χ4v) is 3.90. The molecule has 1 aromatic carbocycles.